The molecule has 1 aromatic heterocycles. The monoisotopic (exact) mass is 375 g/mol. The van der Waals surface area contributed by atoms with Gasteiger partial charge in [-0.05, 0) is 32.6 Å². The van der Waals surface area contributed by atoms with Crippen LogP contribution in [0.2, 0.25) is 0 Å². The molecular weight excluding hydrogens is 358 g/mol. The van der Waals surface area contributed by atoms with Crippen LogP contribution in [0.15, 0.2) is 9.94 Å². The van der Waals surface area contributed by atoms with Crippen molar-refractivity contribution in [2.75, 3.05) is 12.4 Å². The van der Waals surface area contributed by atoms with Gasteiger partial charge in [-0.1, -0.05) is 11.6 Å². The van der Waals surface area contributed by atoms with Crippen LogP contribution in [0.1, 0.15) is 37.3 Å². The molecule has 0 fully saturated rings. The lowest BCUT2D eigenvalue weighted by molar-refractivity contribution is 0.177. The van der Waals surface area contributed by atoms with Crippen molar-refractivity contribution in [1.82, 2.24) is 19.7 Å². The number of methoxy groups -OCH3 is 1. The summed E-state index contributed by atoms with van der Waals surface area (Å²) in [7, 11) is -2.51. The second-order valence-electron chi connectivity index (χ2n) is 5.15. The van der Waals surface area contributed by atoms with E-state index < -0.39 is 16.1 Å². The summed E-state index contributed by atoms with van der Waals surface area (Å²) in [6, 6.07) is -0.966. The van der Waals surface area contributed by atoms with Crippen molar-refractivity contribution >= 4 is 33.6 Å². The van der Waals surface area contributed by atoms with Crippen molar-refractivity contribution in [3.05, 3.63) is 21.6 Å². The van der Waals surface area contributed by atoms with Gasteiger partial charge in [0.25, 0.3) is 10.0 Å². The first-order chi connectivity index (χ1) is 11.3. The van der Waals surface area contributed by atoms with Gasteiger partial charge in [-0.15, -0.1) is 0 Å². The van der Waals surface area contributed by atoms with E-state index in [2.05, 4.69) is 20.3 Å². The minimum absolute atomic E-state index is 0.0532. The molecule has 0 bridgehead atoms. The summed E-state index contributed by atoms with van der Waals surface area (Å²) >= 11 is 5.97. The molecule has 2 amide bonds. The van der Waals surface area contributed by atoms with Crippen LogP contribution in [0.3, 0.4) is 0 Å². The molecule has 1 heterocycles. The Labute approximate surface area is 144 Å². The average molecular weight is 376 g/mol. The van der Waals surface area contributed by atoms with Gasteiger partial charge in [0.1, 0.15) is 12.4 Å². The van der Waals surface area contributed by atoms with Gasteiger partial charge >= 0.3 is 6.03 Å². The normalized spacial score (nSPS) is 15.3. The van der Waals surface area contributed by atoms with Crippen molar-refractivity contribution in [1.29, 1.82) is 0 Å². The van der Waals surface area contributed by atoms with Gasteiger partial charge in [-0.3, -0.25) is 5.32 Å². The molecule has 9 nitrogen and oxygen atoms in total. The molecule has 0 radical (unpaired) electrons. The van der Waals surface area contributed by atoms with Crippen molar-refractivity contribution in [2.24, 2.45) is 0 Å². The topological polar surface area (TPSA) is 123 Å². The lowest BCUT2D eigenvalue weighted by atomic mass is 10.1. The van der Waals surface area contributed by atoms with E-state index in [1.807, 2.05) is 4.72 Å². The van der Waals surface area contributed by atoms with Crippen molar-refractivity contribution in [3.63, 3.8) is 0 Å². The van der Waals surface area contributed by atoms with E-state index in [-0.39, 0.29) is 22.5 Å². The third-order valence-corrected chi connectivity index (χ3v) is 5.28. The molecule has 0 aromatic carbocycles. The smallest absolute Gasteiger partial charge is 0.335 e. The van der Waals surface area contributed by atoms with E-state index in [4.69, 9.17) is 16.3 Å². The molecule has 0 spiro atoms. The average Bonchev–Trinajstić information content (AvgIpc) is 2.46. The summed E-state index contributed by atoms with van der Waals surface area (Å²) in [4.78, 5) is 23.9. The number of hydrogen-bond donors (Lipinski definition) is 2. The van der Waals surface area contributed by atoms with Gasteiger partial charge in [0.15, 0.2) is 5.82 Å². The minimum Gasteiger partial charge on any atom is -0.377 e. The van der Waals surface area contributed by atoms with Crippen LogP contribution in [-0.2, 0) is 21.4 Å². The van der Waals surface area contributed by atoms with Crippen LogP contribution >= 0.6 is 11.6 Å². The first kappa shape index (κ1) is 18.6. The van der Waals surface area contributed by atoms with E-state index in [9.17, 15) is 13.2 Å². The number of hydrogen-bond acceptors (Lipinski definition) is 7. The molecule has 0 aliphatic heterocycles. The Bertz CT molecular complexity index is 766. The number of anilines is 1. The van der Waals surface area contributed by atoms with Gasteiger partial charge < -0.3 is 4.74 Å². The number of halogens is 1. The Kier molecular flexibility index (Phi) is 6.08. The van der Waals surface area contributed by atoms with Crippen LogP contribution in [0.4, 0.5) is 10.7 Å². The number of rotatable bonds is 5. The maximum absolute atomic E-state index is 12.2. The minimum atomic E-state index is -3.99. The molecule has 0 saturated carbocycles. The third kappa shape index (κ3) is 4.86. The van der Waals surface area contributed by atoms with Crippen molar-refractivity contribution < 1.29 is 17.9 Å². The first-order valence-corrected chi connectivity index (χ1v) is 9.10. The van der Waals surface area contributed by atoms with Crippen LogP contribution in [0.25, 0.3) is 0 Å². The summed E-state index contributed by atoms with van der Waals surface area (Å²) in [6.07, 6.45) is 2.34. The molecule has 0 saturated heterocycles. The number of urea groups is 1. The SMILES string of the molecule is COCc1nc(C)nc(NC(=O)NS(=O)(=O)C2=C(Cl)CCCC2)n1. The van der Waals surface area contributed by atoms with Crippen molar-refractivity contribution in [2.45, 2.75) is 39.2 Å². The highest BCUT2D eigenvalue weighted by molar-refractivity contribution is 7.94. The zero-order valence-electron chi connectivity index (χ0n) is 13.3. The van der Waals surface area contributed by atoms with Crippen molar-refractivity contribution in [3.8, 4) is 0 Å². The largest absolute Gasteiger partial charge is 0.377 e. The third-order valence-electron chi connectivity index (χ3n) is 3.20. The van der Waals surface area contributed by atoms with Crippen LogP contribution in [0.5, 0.6) is 0 Å². The fourth-order valence-electron chi connectivity index (χ4n) is 2.22. The van der Waals surface area contributed by atoms with Gasteiger partial charge in [0, 0.05) is 12.1 Å². The second-order valence-corrected chi connectivity index (χ2v) is 7.31. The molecule has 11 heteroatoms. The molecule has 0 unspecified atom stereocenters. The van der Waals surface area contributed by atoms with E-state index in [1.54, 1.807) is 6.92 Å². The zero-order chi connectivity index (χ0) is 17.7. The predicted molar refractivity (Wildman–Crippen MR) is 87.7 cm³/mol. The molecule has 1 aliphatic rings. The number of aromatic nitrogens is 3. The number of allylic oxidation sites excluding steroid dienone is 2. The summed E-state index contributed by atoms with van der Waals surface area (Å²) in [5, 5.41) is 2.54. The van der Waals surface area contributed by atoms with Gasteiger partial charge in [0.05, 0.1) is 4.91 Å². The number of aryl methyl sites for hydroxylation is 1. The first-order valence-electron chi connectivity index (χ1n) is 7.23. The number of ether oxygens (including phenoxy) is 1. The highest BCUT2D eigenvalue weighted by Crippen LogP contribution is 2.30. The fraction of sp³-hybridized carbons (Fsp3) is 0.538. The lowest BCUT2D eigenvalue weighted by Crippen LogP contribution is -2.36. The number of nitrogens with one attached hydrogen (secondary N) is 2. The Morgan fingerprint density at radius 2 is 1.96 bits per heavy atom. The number of carbonyl (C=O) groups excluding carboxylic acids is 1. The Balaban J connectivity index is 2.10. The Morgan fingerprint density at radius 3 is 2.62 bits per heavy atom. The number of carbonyl (C=O) groups is 1. The van der Waals surface area contributed by atoms with Gasteiger partial charge in [-0.25, -0.2) is 22.9 Å². The molecule has 0 atom stereocenters. The zero-order valence-corrected chi connectivity index (χ0v) is 14.9. The second kappa shape index (κ2) is 7.86. The number of amides is 2. The molecule has 132 valence electrons. The molecule has 2 rings (SSSR count). The number of sulfonamides is 1. The van der Waals surface area contributed by atoms with Crippen LogP contribution in [0, 0.1) is 6.92 Å². The van der Waals surface area contributed by atoms with Gasteiger partial charge in [0.2, 0.25) is 5.95 Å². The Morgan fingerprint density at radius 1 is 1.25 bits per heavy atom. The maximum atomic E-state index is 12.2. The van der Waals surface area contributed by atoms with E-state index in [0.717, 1.165) is 6.42 Å². The molecule has 2 N–H and O–H groups in total. The maximum Gasteiger partial charge on any atom is 0.335 e. The van der Waals surface area contributed by atoms with E-state index >= 15 is 0 Å². The summed E-state index contributed by atoms with van der Waals surface area (Å²) in [5.74, 6) is 0.625. The highest BCUT2D eigenvalue weighted by atomic mass is 35.5. The molecule has 24 heavy (non-hydrogen) atoms. The molecule has 1 aromatic rings. The van der Waals surface area contributed by atoms with E-state index in [0.29, 0.717) is 30.9 Å². The molecule has 1 aliphatic carbocycles. The predicted octanol–water partition coefficient (Wildman–Crippen LogP) is 1.80. The standard InChI is InChI=1S/C13H18ClN5O4S/c1-8-15-11(7-23-2)17-12(16-8)18-13(20)19-24(21,22)10-6-4-3-5-9(10)14/h3-7H2,1-2H3,(H2,15,16,17,18,19,20). The Hall–Kier alpha value is -1.78. The lowest BCUT2D eigenvalue weighted by Gasteiger charge is -2.16. The summed E-state index contributed by atoms with van der Waals surface area (Å²) < 4.78 is 31.3. The van der Waals surface area contributed by atoms with Gasteiger partial charge in [-0.2, -0.15) is 9.97 Å². The van der Waals surface area contributed by atoms with Crippen LogP contribution < -0.4 is 10.0 Å². The number of nitrogens with zero attached hydrogens (tertiary/aromatic N) is 3. The summed E-state index contributed by atoms with van der Waals surface area (Å²) in [5.41, 5.74) is 0. The molecular formula is C13H18ClN5O4S. The summed E-state index contributed by atoms with van der Waals surface area (Å²) in [6.45, 7) is 1.76. The van der Waals surface area contributed by atoms with Crippen LogP contribution in [-0.4, -0.2) is 36.5 Å². The van der Waals surface area contributed by atoms with E-state index in [1.165, 1.54) is 7.11 Å². The highest BCUT2D eigenvalue weighted by Gasteiger charge is 2.26. The quantitative estimate of drug-likeness (QED) is 0.804. The fourth-order valence-corrected chi connectivity index (χ4v) is 3.98.